The normalized spacial score (nSPS) is 8.90. The minimum Gasteiger partial charge on any atom is -0.366 e. The fourth-order valence-corrected chi connectivity index (χ4v) is 0.279. The summed E-state index contributed by atoms with van der Waals surface area (Å²) in [5.41, 5.74) is 0. The van der Waals surface area contributed by atoms with Crippen LogP contribution < -0.4 is 0 Å². The van der Waals surface area contributed by atoms with Crippen LogP contribution in [0, 0.1) is 0 Å². The van der Waals surface area contributed by atoms with E-state index in [0.29, 0.717) is 0 Å². The summed E-state index contributed by atoms with van der Waals surface area (Å²) >= 11 is 0. The van der Waals surface area contributed by atoms with Gasteiger partial charge in [0.15, 0.2) is 0 Å². The van der Waals surface area contributed by atoms with Crippen molar-refractivity contribution in [2.24, 2.45) is 4.99 Å². The summed E-state index contributed by atoms with van der Waals surface area (Å²) < 4.78 is 0. The van der Waals surface area contributed by atoms with E-state index in [9.17, 15) is 0 Å². The topological polar surface area (TPSA) is 15.6 Å². The molecule has 0 unspecified atom stereocenters. The van der Waals surface area contributed by atoms with Crippen LogP contribution in [-0.4, -0.2) is 31.9 Å². The van der Waals surface area contributed by atoms with Gasteiger partial charge < -0.3 is 4.90 Å². The average Bonchev–Trinajstić information content (AvgIpc) is 1.90. The van der Waals surface area contributed by atoms with Crippen LogP contribution in [0.25, 0.3) is 0 Å². The van der Waals surface area contributed by atoms with E-state index in [4.69, 9.17) is 0 Å². The molecular formula is C8H20N2. The first-order valence-corrected chi connectivity index (χ1v) is 3.85. The van der Waals surface area contributed by atoms with Crippen molar-refractivity contribution < 1.29 is 0 Å². The highest BCUT2D eigenvalue weighted by Crippen LogP contribution is 1.70. The SMILES string of the molecule is CCC.CCN(C)C=NC. The highest BCUT2D eigenvalue weighted by Gasteiger charge is 1.77. The molecule has 0 aliphatic carbocycles. The van der Waals surface area contributed by atoms with Crippen LogP contribution in [0.3, 0.4) is 0 Å². The van der Waals surface area contributed by atoms with Crippen molar-refractivity contribution in [1.82, 2.24) is 4.90 Å². The molecule has 0 aromatic carbocycles. The number of rotatable bonds is 2. The molecule has 0 rings (SSSR count). The molecule has 0 heterocycles. The zero-order chi connectivity index (χ0) is 8.41. The van der Waals surface area contributed by atoms with Gasteiger partial charge in [-0.3, -0.25) is 4.99 Å². The molecule has 0 amide bonds. The van der Waals surface area contributed by atoms with Crippen LogP contribution in [-0.2, 0) is 0 Å². The van der Waals surface area contributed by atoms with E-state index < -0.39 is 0 Å². The fourth-order valence-electron chi connectivity index (χ4n) is 0.279. The van der Waals surface area contributed by atoms with Gasteiger partial charge in [0.2, 0.25) is 0 Å². The molecule has 62 valence electrons. The van der Waals surface area contributed by atoms with Crippen LogP contribution in [0.4, 0.5) is 0 Å². The summed E-state index contributed by atoms with van der Waals surface area (Å²) in [4.78, 5) is 5.82. The Balaban J connectivity index is 0. The van der Waals surface area contributed by atoms with Crippen molar-refractivity contribution in [2.75, 3.05) is 20.6 Å². The minimum absolute atomic E-state index is 1.03. The van der Waals surface area contributed by atoms with Crippen molar-refractivity contribution in [1.29, 1.82) is 0 Å². The van der Waals surface area contributed by atoms with E-state index in [-0.39, 0.29) is 0 Å². The lowest BCUT2D eigenvalue weighted by Crippen LogP contribution is -2.14. The van der Waals surface area contributed by atoms with Gasteiger partial charge in [-0.15, -0.1) is 0 Å². The lowest BCUT2D eigenvalue weighted by Gasteiger charge is -2.06. The predicted octanol–water partition coefficient (Wildman–Crippen LogP) is 2.01. The lowest BCUT2D eigenvalue weighted by molar-refractivity contribution is 0.551. The molecule has 0 bridgehead atoms. The summed E-state index contributed by atoms with van der Waals surface area (Å²) in [5.74, 6) is 0. The van der Waals surface area contributed by atoms with Gasteiger partial charge in [0.25, 0.3) is 0 Å². The first-order chi connectivity index (χ1) is 4.72. The summed E-state index contributed by atoms with van der Waals surface area (Å²) in [6, 6.07) is 0. The van der Waals surface area contributed by atoms with Crippen LogP contribution in [0.5, 0.6) is 0 Å². The second kappa shape index (κ2) is 11.3. The number of hydrogen-bond acceptors (Lipinski definition) is 1. The molecule has 0 aromatic heterocycles. The quantitative estimate of drug-likeness (QED) is 0.427. The van der Waals surface area contributed by atoms with Crippen molar-refractivity contribution in [3.05, 3.63) is 0 Å². The van der Waals surface area contributed by atoms with E-state index in [2.05, 4.69) is 25.8 Å². The lowest BCUT2D eigenvalue weighted by atomic mass is 10.6. The number of nitrogens with zero attached hydrogens (tertiary/aromatic N) is 2. The molecule has 0 atom stereocenters. The van der Waals surface area contributed by atoms with Crippen molar-refractivity contribution in [2.45, 2.75) is 27.2 Å². The summed E-state index contributed by atoms with van der Waals surface area (Å²) in [5, 5.41) is 0. The van der Waals surface area contributed by atoms with Crippen LogP contribution in [0.2, 0.25) is 0 Å². The molecule has 2 nitrogen and oxygen atoms in total. The Morgan fingerprint density at radius 2 is 1.70 bits per heavy atom. The largest absolute Gasteiger partial charge is 0.366 e. The van der Waals surface area contributed by atoms with Gasteiger partial charge in [-0.25, -0.2) is 0 Å². The molecule has 2 heteroatoms. The van der Waals surface area contributed by atoms with Gasteiger partial charge in [0.1, 0.15) is 0 Å². The van der Waals surface area contributed by atoms with E-state index in [1.165, 1.54) is 6.42 Å². The Bertz CT molecular complexity index is 69.7. The second-order valence-corrected chi connectivity index (χ2v) is 2.15. The zero-order valence-electron chi connectivity index (χ0n) is 7.89. The highest BCUT2D eigenvalue weighted by molar-refractivity contribution is 5.53. The monoisotopic (exact) mass is 144 g/mol. The molecular weight excluding hydrogens is 124 g/mol. The van der Waals surface area contributed by atoms with E-state index in [1.807, 2.05) is 11.9 Å². The van der Waals surface area contributed by atoms with Gasteiger partial charge in [-0.05, 0) is 6.92 Å². The third kappa shape index (κ3) is 15.6. The summed E-state index contributed by atoms with van der Waals surface area (Å²) in [6.07, 6.45) is 3.06. The molecule has 0 radical (unpaired) electrons. The molecule has 0 aliphatic rings. The molecule has 0 fully saturated rings. The van der Waals surface area contributed by atoms with Crippen LogP contribution >= 0.6 is 0 Å². The molecule has 0 N–H and O–H groups in total. The van der Waals surface area contributed by atoms with Gasteiger partial charge in [-0.1, -0.05) is 20.3 Å². The fraction of sp³-hybridized carbons (Fsp3) is 0.875. The molecule has 10 heavy (non-hydrogen) atoms. The molecule has 0 aromatic rings. The highest BCUT2D eigenvalue weighted by atomic mass is 15.1. The first-order valence-electron chi connectivity index (χ1n) is 3.85. The van der Waals surface area contributed by atoms with E-state index >= 15 is 0 Å². The van der Waals surface area contributed by atoms with E-state index in [1.54, 1.807) is 13.4 Å². The Kier molecular flexibility index (Phi) is 13.7. The Morgan fingerprint density at radius 1 is 1.30 bits per heavy atom. The first kappa shape index (κ1) is 12.2. The maximum absolute atomic E-state index is 3.81. The molecule has 0 aliphatic heterocycles. The number of aliphatic imine (C=N–C) groups is 1. The average molecular weight is 144 g/mol. The predicted molar refractivity (Wildman–Crippen MR) is 48.7 cm³/mol. The van der Waals surface area contributed by atoms with E-state index in [0.717, 1.165) is 6.54 Å². The third-order valence-electron chi connectivity index (χ3n) is 0.811. The maximum atomic E-state index is 3.81. The Morgan fingerprint density at radius 3 is 1.80 bits per heavy atom. The smallest absolute Gasteiger partial charge is 0.0843 e. The number of hydrogen-bond donors (Lipinski definition) is 0. The minimum atomic E-state index is 1.03. The summed E-state index contributed by atoms with van der Waals surface area (Å²) in [6.45, 7) is 7.36. The standard InChI is InChI=1S/C5H12N2.C3H8/c1-4-7(3)5-6-2;1-3-2/h5H,4H2,1-3H3;3H2,1-2H3. The van der Waals surface area contributed by atoms with Crippen molar-refractivity contribution >= 4 is 6.34 Å². The van der Waals surface area contributed by atoms with Gasteiger partial charge in [-0.2, -0.15) is 0 Å². The van der Waals surface area contributed by atoms with Crippen molar-refractivity contribution in [3.63, 3.8) is 0 Å². The summed E-state index contributed by atoms with van der Waals surface area (Å²) in [7, 11) is 3.76. The molecule has 0 saturated carbocycles. The second-order valence-electron chi connectivity index (χ2n) is 2.15. The van der Waals surface area contributed by atoms with Gasteiger partial charge in [0.05, 0.1) is 6.34 Å². The third-order valence-corrected chi connectivity index (χ3v) is 0.811. The van der Waals surface area contributed by atoms with Gasteiger partial charge >= 0.3 is 0 Å². The maximum Gasteiger partial charge on any atom is 0.0843 e. The zero-order valence-corrected chi connectivity index (χ0v) is 7.89. The molecule has 0 saturated heterocycles. The van der Waals surface area contributed by atoms with Crippen LogP contribution in [0.1, 0.15) is 27.2 Å². The molecule has 0 spiro atoms. The Hall–Kier alpha value is -0.530. The van der Waals surface area contributed by atoms with Crippen molar-refractivity contribution in [3.8, 4) is 0 Å². The van der Waals surface area contributed by atoms with Gasteiger partial charge in [0, 0.05) is 20.6 Å². The van der Waals surface area contributed by atoms with Crippen LogP contribution in [0.15, 0.2) is 4.99 Å². The Labute approximate surface area is 65.0 Å².